The van der Waals surface area contributed by atoms with Crippen molar-refractivity contribution in [3.63, 3.8) is 0 Å². The number of hydrogen-bond acceptors (Lipinski definition) is 1. The van der Waals surface area contributed by atoms with Crippen LogP contribution in [-0.4, -0.2) is 12.5 Å². The first-order chi connectivity index (χ1) is 6.84. The molecule has 0 fully saturated rings. The first-order valence-electron chi connectivity index (χ1n) is 5.20. The van der Waals surface area contributed by atoms with Gasteiger partial charge >= 0.3 is 0 Å². The van der Waals surface area contributed by atoms with E-state index < -0.39 is 0 Å². The van der Waals surface area contributed by atoms with E-state index in [4.69, 9.17) is 6.42 Å². The van der Waals surface area contributed by atoms with Crippen LogP contribution in [0.25, 0.3) is 0 Å². The van der Waals surface area contributed by atoms with Crippen LogP contribution in [0.15, 0.2) is 12.2 Å². The van der Waals surface area contributed by atoms with E-state index in [9.17, 15) is 4.79 Å². The molecule has 76 valence electrons. The molecule has 0 saturated heterocycles. The van der Waals surface area contributed by atoms with Crippen LogP contribution < -0.4 is 5.32 Å². The predicted octanol–water partition coefficient (Wildman–Crippen LogP) is 1.87. The second kappa shape index (κ2) is 6.26. The number of terminal acetylenes is 1. The molecule has 2 nitrogen and oxygen atoms in total. The summed E-state index contributed by atoms with van der Waals surface area (Å²) in [6.07, 6.45) is 13.9. The fourth-order valence-corrected chi connectivity index (χ4v) is 1.54. The van der Waals surface area contributed by atoms with Crippen molar-refractivity contribution in [1.82, 2.24) is 5.32 Å². The molecular formula is C12H17NO. The molecule has 0 radical (unpaired) electrons. The molecule has 0 saturated carbocycles. The van der Waals surface area contributed by atoms with Crippen molar-refractivity contribution in [2.45, 2.75) is 32.1 Å². The Kier molecular flexibility index (Phi) is 4.85. The van der Waals surface area contributed by atoms with Gasteiger partial charge in [-0.05, 0) is 25.7 Å². The largest absolute Gasteiger partial charge is 0.356 e. The van der Waals surface area contributed by atoms with Crippen LogP contribution in [0, 0.1) is 18.3 Å². The molecule has 0 heterocycles. The highest BCUT2D eigenvalue weighted by molar-refractivity contribution is 5.79. The Morgan fingerprint density at radius 3 is 2.79 bits per heavy atom. The summed E-state index contributed by atoms with van der Waals surface area (Å²) in [6, 6.07) is 0. The van der Waals surface area contributed by atoms with Gasteiger partial charge in [-0.1, -0.05) is 12.2 Å². The zero-order chi connectivity index (χ0) is 10.2. The van der Waals surface area contributed by atoms with Gasteiger partial charge in [0.2, 0.25) is 5.91 Å². The smallest absolute Gasteiger partial charge is 0.223 e. The monoisotopic (exact) mass is 191 g/mol. The lowest BCUT2D eigenvalue weighted by Crippen LogP contribution is -2.30. The highest BCUT2D eigenvalue weighted by Crippen LogP contribution is 2.17. The van der Waals surface area contributed by atoms with Crippen molar-refractivity contribution in [2.24, 2.45) is 5.92 Å². The third-order valence-corrected chi connectivity index (χ3v) is 2.43. The van der Waals surface area contributed by atoms with Gasteiger partial charge in [-0.3, -0.25) is 4.79 Å². The Labute approximate surface area is 85.8 Å². The number of carbonyl (C=O) groups excluding carboxylic acids is 1. The van der Waals surface area contributed by atoms with Gasteiger partial charge < -0.3 is 5.32 Å². The Bertz CT molecular complexity index is 242. The second-order valence-electron chi connectivity index (χ2n) is 3.59. The van der Waals surface area contributed by atoms with E-state index in [1.807, 2.05) is 0 Å². The van der Waals surface area contributed by atoms with Gasteiger partial charge in [0.05, 0.1) is 0 Å². The predicted molar refractivity (Wildman–Crippen MR) is 57.6 cm³/mol. The molecule has 2 heteroatoms. The SMILES string of the molecule is C#CCCCCNC(=O)C1CC=CC1. The highest BCUT2D eigenvalue weighted by Gasteiger charge is 2.17. The van der Waals surface area contributed by atoms with Crippen molar-refractivity contribution >= 4 is 5.91 Å². The van der Waals surface area contributed by atoms with E-state index in [1.165, 1.54) is 0 Å². The van der Waals surface area contributed by atoms with Gasteiger partial charge in [0.15, 0.2) is 0 Å². The summed E-state index contributed by atoms with van der Waals surface area (Å²) in [5.41, 5.74) is 0. The number of allylic oxidation sites excluding steroid dienone is 2. The summed E-state index contributed by atoms with van der Waals surface area (Å²) in [6.45, 7) is 0.761. The molecule has 1 amide bonds. The number of amides is 1. The molecule has 0 aromatic heterocycles. The molecule has 14 heavy (non-hydrogen) atoms. The van der Waals surface area contributed by atoms with Crippen molar-refractivity contribution in [3.05, 3.63) is 12.2 Å². The van der Waals surface area contributed by atoms with Crippen molar-refractivity contribution in [3.8, 4) is 12.3 Å². The summed E-state index contributed by atoms with van der Waals surface area (Å²) >= 11 is 0. The van der Waals surface area contributed by atoms with E-state index in [0.717, 1.165) is 38.6 Å². The lowest BCUT2D eigenvalue weighted by Gasteiger charge is -2.09. The summed E-state index contributed by atoms with van der Waals surface area (Å²) in [7, 11) is 0. The normalized spacial score (nSPS) is 15.4. The van der Waals surface area contributed by atoms with Gasteiger partial charge in [-0.15, -0.1) is 12.3 Å². The van der Waals surface area contributed by atoms with E-state index >= 15 is 0 Å². The lowest BCUT2D eigenvalue weighted by atomic mass is 10.1. The summed E-state index contributed by atoms with van der Waals surface area (Å²) in [4.78, 5) is 11.5. The maximum absolute atomic E-state index is 11.5. The van der Waals surface area contributed by atoms with Crippen LogP contribution in [0.3, 0.4) is 0 Å². The van der Waals surface area contributed by atoms with Crippen LogP contribution in [0.2, 0.25) is 0 Å². The highest BCUT2D eigenvalue weighted by atomic mass is 16.1. The standard InChI is InChI=1S/C12H17NO/c1-2-3-4-7-10-13-12(14)11-8-5-6-9-11/h1,5-6,11H,3-4,7-10H2,(H,13,14). The average molecular weight is 191 g/mol. The third kappa shape index (κ3) is 3.66. The van der Waals surface area contributed by atoms with Gasteiger partial charge in [-0.2, -0.15) is 0 Å². The van der Waals surface area contributed by atoms with Crippen LogP contribution in [-0.2, 0) is 4.79 Å². The van der Waals surface area contributed by atoms with Gasteiger partial charge in [0.1, 0.15) is 0 Å². The molecule has 1 rings (SSSR count). The Hall–Kier alpha value is -1.23. The fraction of sp³-hybridized carbons (Fsp3) is 0.583. The summed E-state index contributed by atoms with van der Waals surface area (Å²) in [5.74, 6) is 2.96. The van der Waals surface area contributed by atoms with Gasteiger partial charge in [0.25, 0.3) is 0 Å². The minimum Gasteiger partial charge on any atom is -0.356 e. The number of nitrogens with one attached hydrogen (secondary N) is 1. The minimum absolute atomic E-state index is 0.183. The number of unbranched alkanes of at least 4 members (excludes halogenated alkanes) is 2. The lowest BCUT2D eigenvalue weighted by molar-refractivity contribution is -0.124. The van der Waals surface area contributed by atoms with E-state index in [-0.39, 0.29) is 11.8 Å². The summed E-state index contributed by atoms with van der Waals surface area (Å²) < 4.78 is 0. The molecule has 0 aliphatic heterocycles. The molecule has 0 bridgehead atoms. The first-order valence-corrected chi connectivity index (χ1v) is 5.20. The van der Waals surface area contributed by atoms with Crippen LogP contribution in [0.5, 0.6) is 0 Å². The Balaban J connectivity index is 2.01. The maximum Gasteiger partial charge on any atom is 0.223 e. The molecule has 1 N–H and O–H groups in total. The molecule has 0 atom stereocenters. The molecule has 0 aromatic rings. The van der Waals surface area contributed by atoms with E-state index in [1.54, 1.807) is 0 Å². The van der Waals surface area contributed by atoms with Crippen LogP contribution in [0.1, 0.15) is 32.1 Å². The van der Waals surface area contributed by atoms with Crippen LogP contribution in [0.4, 0.5) is 0 Å². The second-order valence-corrected chi connectivity index (χ2v) is 3.59. The average Bonchev–Trinajstić information content (AvgIpc) is 2.70. The van der Waals surface area contributed by atoms with E-state index in [0.29, 0.717) is 0 Å². The van der Waals surface area contributed by atoms with E-state index in [2.05, 4.69) is 23.4 Å². The topological polar surface area (TPSA) is 29.1 Å². The summed E-state index contributed by atoms with van der Waals surface area (Å²) in [5, 5.41) is 2.94. The van der Waals surface area contributed by atoms with Crippen molar-refractivity contribution < 1.29 is 4.79 Å². The maximum atomic E-state index is 11.5. The molecule has 1 aliphatic rings. The molecule has 1 aliphatic carbocycles. The van der Waals surface area contributed by atoms with Crippen molar-refractivity contribution in [1.29, 1.82) is 0 Å². The van der Waals surface area contributed by atoms with Crippen molar-refractivity contribution in [2.75, 3.05) is 6.54 Å². The molecule has 0 unspecified atom stereocenters. The minimum atomic E-state index is 0.183. The zero-order valence-corrected chi connectivity index (χ0v) is 8.46. The number of rotatable bonds is 5. The van der Waals surface area contributed by atoms with Gasteiger partial charge in [-0.25, -0.2) is 0 Å². The quantitative estimate of drug-likeness (QED) is 0.401. The Morgan fingerprint density at radius 1 is 1.43 bits per heavy atom. The number of carbonyl (C=O) groups is 1. The number of hydrogen-bond donors (Lipinski definition) is 1. The zero-order valence-electron chi connectivity index (χ0n) is 8.46. The fourth-order valence-electron chi connectivity index (χ4n) is 1.54. The Morgan fingerprint density at radius 2 is 2.14 bits per heavy atom. The molecule has 0 aromatic carbocycles. The molecular weight excluding hydrogens is 174 g/mol. The van der Waals surface area contributed by atoms with Crippen LogP contribution >= 0.6 is 0 Å². The first kappa shape index (κ1) is 10.8. The van der Waals surface area contributed by atoms with Gasteiger partial charge in [0, 0.05) is 18.9 Å². The third-order valence-electron chi connectivity index (χ3n) is 2.43. The molecule has 0 spiro atoms.